The van der Waals surface area contributed by atoms with Crippen LogP contribution in [0.1, 0.15) is 19.8 Å². The first-order chi connectivity index (χ1) is 8.70. The third kappa shape index (κ3) is 3.67. The fourth-order valence-electron chi connectivity index (χ4n) is 3.35. The van der Waals surface area contributed by atoms with E-state index in [1.54, 1.807) is 0 Å². The smallest absolute Gasteiger partial charge is 0.0521 e. The summed E-state index contributed by atoms with van der Waals surface area (Å²) >= 11 is 0. The Bertz CT molecular complexity index is 249. The average Bonchev–Trinajstić information content (AvgIpc) is 2.52. The van der Waals surface area contributed by atoms with E-state index in [9.17, 15) is 0 Å². The molecule has 2 rings (SSSR count). The quantitative estimate of drug-likeness (QED) is 0.801. The maximum atomic E-state index is 5.67. The lowest BCUT2D eigenvalue weighted by Gasteiger charge is -2.37. The van der Waals surface area contributed by atoms with Crippen LogP contribution in [0.4, 0.5) is 0 Å². The molecule has 0 aromatic rings. The molecule has 2 heterocycles. The lowest BCUT2D eigenvalue weighted by molar-refractivity contribution is 0.0134. The molecule has 106 valence electrons. The van der Waals surface area contributed by atoms with Crippen LogP contribution in [0.3, 0.4) is 0 Å². The summed E-state index contributed by atoms with van der Waals surface area (Å²) in [6.07, 6.45) is 2.45. The van der Waals surface area contributed by atoms with Crippen molar-refractivity contribution in [1.82, 2.24) is 15.1 Å². The Balaban J connectivity index is 1.90. The minimum Gasteiger partial charge on any atom is -0.381 e. The number of likely N-dealkylation sites (N-methyl/N-ethyl adjacent to an activating group) is 1. The van der Waals surface area contributed by atoms with Gasteiger partial charge in [-0.05, 0) is 47.0 Å². The van der Waals surface area contributed by atoms with Crippen molar-refractivity contribution in [2.75, 3.05) is 53.5 Å². The Morgan fingerprint density at radius 3 is 2.94 bits per heavy atom. The predicted octanol–water partition coefficient (Wildman–Crippen LogP) is 0.637. The van der Waals surface area contributed by atoms with E-state index in [0.29, 0.717) is 18.0 Å². The molecular formula is C14H29N3O. The van der Waals surface area contributed by atoms with Gasteiger partial charge < -0.3 is 15.0 Å². The van der Waals surface area contributed by atoms with Crippen LogP contribution in [0.2, 0.25) is 0 Å². The minimum atomic E-state index is 0.631. The molecule has 0 spiro atoms. The fourth-order valence-corrected chi connectivity index (χ4v) is 3.35. The van der Waals surface area contributed by atoms with E-state index < -0.39 is 0 Å². The molecule has 0 amide bonds. The molecule has 0 aromatic carbocycles. The summed E-state index contributed by atoms with van der Waals surface area (Å²) in [5.41, 5.74) is 0. The highest BCUT2D eigenvalue weighted by Gasteiger charge is 2.29. The second-order valence-electron chi connectivity index (χ2n) is 5.98. The van der Waals surface area contributed by atoms with Crippen LogP contribution in [-0.4, -0.2) is 75.4 Å². The first-order valence-electron chi connectivity index (χ1n) is 7.38. The van der Waals surface area contributed by atoms with E-state index in [-0.39, 0.29) is 0 Å². The van der Waals surface area contributed by atoms with Crippen LogP contribution >= 0.6 is 0 Å². The van der Waals surface area contributed by atoms with Crippen molar-refractivity contribution in [2.45, 2.75) is 31.8 Å². The lowest BCUT2D eigenvalue weighted by Crippen LogP contribution is -2.49. The van der Waals surface area contributed by atoms with E-state index in [2.05, 4.69) is 36.1 Å². The SMILES string of the molecule is CNC1CCOCC1CN1CCCN(C)CC1C. The van der Waals surface area contributed by atoms with Crippen molar-refractivity contribution in [3.05, 3.63) is 0 Å². The number of hydrogen-bond donors (Lipinski definition) is 1. The number of nitrogens with zero attached hydrogens (tertiary/aromatic N) is 2. The van der Waals surface area contributed by atoms with Crippen LogP contribution in [0.5, 0.6) is 0 Å². The maximum absolute atomic E-state index is 5.67. The number of hydrogen-bond acceptors (Lipinski definition) is 4. The third-order valence-corrected chi connectivity index (χ3v) is 4.50. The highest BCUT2D eigenvalue weighted by atomic mass is 16.5. The van der Waals surface area contributed by atoms with Crippen molar-refractivity contribution < 1.29 is 4.74 Å². The molecule has 0 aromatic heterocycles. The highest BCUT2D eigenvalue weighted by Crippen LogP contribution is 2.18. The monoisotopic (exact) mass is 255 g/mol. The molecule has 4 heteroatoms. The average molecular weight is 255 g/mol. The van der Waals surface area contributed by atoms with Gasteiger partial charge in [0.25, 0.3) is 0 Å². The Hall–Kier alpha value is -0.160. The normalized spacial score (nSPS) is 36.5. The van der Waals surface area contributed by atoms with Gasteiger partial charge in [0.15, 0.2) is 0 Å². The van der Waals surface area contributed by atoms with Gasteiger partial charge in [0.05, 0.1) is 6.61 Å². The van der Waals surface area contributed by atoms with Crippen LogP contribution in [0.25, 0.3) is 0 Å². The van der Waals surface area contributed by atoms with Gasteiger partial charge in [0.2, 0.25) is 0 Å². The second kappa shape index (κ2) is 6.85. The summed E-state index contributed by atoms with van der Waals surface area (Å²) in [4.78, 5) is 5.12. The van der Waals surface area contributed by atoms with Gasteiger partial charge in [0.1, 0.15) is 0 Å². The molecule has 0 radical (unpaired) electrons. The molecular weight excluding hydrogens is 226 g/mol. The van der Waals surface area contributed by atoms with Gasteiger partial charge in [0, 0.05) is 37.7 Å². The van der Waals surface area contributed by atoms with Crippen LogP contribution in [-0.2, 0) is 4.74 Å². The minimum absolute atomic E-state index is 0.631. The summed E-state index contributed by atoms with van der Waals surface area (Å²) in [7, 11) is 4.32. The maximum Gasteiger partial charge on any atom is 0.0521 e. The third-order valence-electron chi connectivity index (χ3n) is 4.50. The molecule has 0 aliphatic carbocycles. The van der Waals surface area contributed by atoms with Crippen molar-refractivity contribution in [3.63, 3.8) is 0 Å². The molecule has 3 atom stereocenters. The fraction of sp³-hybridized carbons (Fsp3) is 1.00. The van der Waals surface area contributed by atoms with Gasteiger partial charge in [-0.2, -0.15) is 0 Å². The Morgan fingerprint density at radius 1 is 1.33 bits per heavy atom. The Morgan fingerprint density at radius 2 is 2.17 bits per heavy atom. The van der Waals surface area contributed by atoms with Crippen LogP contribution < -0.4 is 5.32 Å². The molecule has 2 aliphatic heterocycles. The highest BCUT2D eigenvalue weighted by molar-refractivity contribution is 4.84. The summed E-state index contributed by atoms with van der Waals surface area (Å²) in [6, 6.07) is 1.30. The zero-order valence-corrected chi connectivity index (χ0v) is 12.2. The lowest BCUT2D eigenvalue weighted by atomic mass is 9.94. The van der Waals surface area contributed by atoms with Crippen LogP contribution in [0.15, 0.2) is 0 Å². The summed E-state index contributed by atoms with van der Waals surface area (Å²) in [5.74, 6) is 0.648. The molecule has 3 unspecified atom stereocenters. The molecule has 2 saturated heterocycles. The first kappa shape index (κ1) is 14.3. The number of rotatable bonds is 3. The molecule has 18 heavy (non-hydrogen) atoms. The largest absolute Gasteiger partial charge is 0.381 e. The van der Waals surface area contributed by atoms with Gasteiger partial charge in [-0.15, -0.1) is 0 Å². The summed E-state index contributed by atoms with van der Waals surface area (Å²) in [6.45, 7) is 9.04. The van der Waals surface area contributed by atoms with Crippen molar-refractivity contribution >= 4 is 0 Å². The predicted molar refractivity (Wildman–Crippen MR) is 74.9 cm³/mol. The van der Waals surface area contributed by atoms with Crippen molar-refractivity contribution in [2.24, 2.45) is 5.92 Å². The summed E-state index contributed by atoms with van der Waals surface area (Å²) < 4.78 is 5.67. The molecule has 0 bridgehead atoms. The number of ether oxygens (including phenoxy) is 1. The van der Waals surface area contributed by atoms with Gasteiger partial charge in [-0.1, -0.05) is 0 Å². The molecule has 2 fully saturated rings. The van der Waals surface area contributed by atoms with E-state index in [1.165, 1.54) is 32.6 Å². The zero-order chi connectivity index (χ0) is 13.0. The van der Waals surface area contributed by atoms with Gasteiger partial charge >= 0.3 is 0 Å². The Kier molecular flexibility index (Phi) is 5.42. The van der Waals surface area contributed by atoms with E-state index >= 15 is 0 Å². The molecule has 0 saturated carbocycles. The zero-order valence-electron chi connectivity index (χ0n) is 12.2. The summed E-state index contributed by atoms with van der Waals surface area (Å²) in [5, 5.41) is 3.47. The Labute approximate surface area is 112 Å². The van der Waals surface area contributed by atoms with Crippen molar-refractivity contribution in [1.29, 1.82) is 0 Å². The molecule has 1 N–H and O–H groups in total. The topological polar surface area (TPSA) is 27.7 Å². The van der Waals surface area contributed by atoms with E-state index in [0.717, 1.165) is 19.6 Å². The van der Waals surface area contributed by atoms with E-state index in [4.69, 9.17) is 4.74 Å². The second-order valence-corrected chi connectivity index (χ2v) is 5.98. The standard InChI is InChI=1S/C14H29N3O/c1-12-9-16(3)6-4-7-17(12)10-13-11-18-8-5-14(13)15-2/h12-15H,4-11H2,1-3H3. The molecule has 4 nitrogen and oxygen atoms in total. The van der Waals surface area contributed by atoms with Crippen molar-refractivity contribution in [3.8, 4) is 0 Å². The number of nitrogens with one attached hydrogen (secondary N) is 1. The molecule has 2 aliphatic rings. The first-order valence-corrected chi connectivity index (χ1v) is 7.38. The van der Waals surface area contributed by atoms with Crippen LogP contribution in [0, 0.1) is 5.92 Å². The van der Waals surface area contributed by atoms with E-state index in [1.807, 2.05) is 0 Å². The van der Waals surface area contributed by atoms with Gasteiger partial charge in [-0.25, -0.2) is 0 Å². The van der Waals surface area contributed by atoms with Gasteiger partial charge in [-0.3, -0.25) is 4.90 Å².